The van der Waals surface area contributed by atoms with Crippen LogP contribution < -0.4 is 16.0 Å². The van der Waals surface area contributed by atoms with Gasteiger partial charge in [-0.2, -0.15) is 0 Å². The lowest BCUT2D eigenvalue weighted by Gasteiger charge is -2.26. The van der Waals surface area contributed by atoms with Crippen molar-refractivity contribution >= 4 is 5.91 Å². The zero-order valence-corrected chi connectivity index (χ0v) is 13.4. The van der Waals surface area contributed by atoms with Gasteiger partial charge in [-0.05, 0) is 26.9 Å². The van der Waals surface area contributed by atoms with Gasteiger partial charge >= 0.3 is 0 Å². The Morgan fingerprint density at radius 1 is 0.950 bits per heavy atom. The van der Waals surface area contributed by atoms with Crippen LogP contribution in [0.25, 0.3) is 0 Å². The average Bonchev–Trinajstić information content (AvgIpc) is 2.40. The molecule has 0 aromatic rings. The van der Waals surface area contributed by atoms with Gasteiger partial charge in [0.2, 0.25) is 5.91 Å². The Morgan fingerprint density at radius 2 is 1.50 bits per heavy atom. The van der Waals surface area contributed by atoms with Crippen molar-refractivity contribution in [2.75, 3.05) is 45.9 Å². The average molecular weight is 289 g/mol. The summed E-state index contributed by atoms with van der Waals surface area (Å²) in [7, 11) is 0. The summed E-state index contributed by atoms with van der Waals surface area (Å²) in [6.07, 6.45) is 0.496. The van der Waals surface area contributed by atoms with E-state index >= 15 is 0 Å². The Hall–Kier alpha value is -0.690. The summed E-state index contributed by atoms with van der Waals surface area (Å²) in [6, 6.07) is 0. The van der Waals surface area contributed by atoms with E-state index < -0.39 is 5.79 Å². The molecule has 0 aliphatic heterocycles. The van der Waals surface area contributed by atoms with Crippen molar-refractivity contribution in [2.24, 2.45) is 0 Å². The molecule has 20 heavy (non-hydrogen) atoms. The van der Waals surface area contributed by atoms with E-state index in [2.05, 4.69) is 22.9 Å². The summed E-state index contributed by atoms with van der Waals surface area (Å²) >= 11 is 0. The van der Waals surface area contributed by atoms with Crippen molar-refractivity contribution in [1.82, 2.24) is 16.0 Å². The third kappa shape index (κ3) is 12.3. The van der Waals surface area contributed by atoms with Crippen LogP contribution in [0.5, 0.6) is 0 Å². The minimum atomic E-state index is -0.621. The zero-order valence-electron chi connectivity index (χ0n) is 13.4. The summed E-state index contributed by atoms with van der Waals surface area (Å²) in [5, 5.41) is 9.11. The molecule has 0 aromatic carbocycles. The van der Waals surface area contributed by atoms with Gasteiger partial charge in [0.15, 0.2) is 5.79 Å². The van der Waals surface area contributed by atoms with Gasteiger partial charge in [0.1, 0.15) is 0 Å². The van der Waals surface area contributed by atoms with Crippen molar-refractivity contribution in [1.29, 1.82) is 0 Å². The predicted molar refractivity (Wildman–Crippen MR) is 80.7 cm³/mol. The predicted octanol–water partition coefficient (Wildman–Crippen LogP) is 0.481. The number of carbonyl (C=O) groups excluding carboxylic acids is 1. The van der Waals surface area contributed by atoms with Crippen LogP contribution in [0, 0.1) is 0 Å². The monoisotopic (exact) mass is 289 g/mol. The Bertz CT molecular complexity index is 248. The maximum Gasteiger partial charge on any atom is 0.221 e. The molecule has 0 aliphatic rings. The molecule has 0 fully saturated rings. The first kappa shape index (κ1) is 19.3. The molecular formula is C14H31N3O3. The standard InChI is InChI=1S/C14H31N3O3/c1-5-15-8-7-13(18)17-10-12-20-14(3,4)19-11-9-16-6-2/h15-16H,5-12H2,1-4H3,(H,17,18). The number of rotatable bonds is 13. The highest BCUT2D eigenvalue weighted by Crippen LogP contribution is 2.09. The first-order valence-electron chi connectivity index (χ1n) is 7.48. The van der Waals surface area contributed by atoms with E-state index in [1.807, 2.05) is 20.8 Å². The summed E-state index contributed by atoms with van der Waals surface area (Å²) in [5.41, 5.74) is 0. The number of hydrogen-bond donors (Lipinski definition) is 3. The SMILES string of the molecule is CCNCCOC(C)(C)OCCNC(=O)CCNCC. The Balaban J connectivity index is 3.53. The smallest absolute Gasteiger partial charge is 0.221 e. The molecule has 0 saturated carbocycles. The van der Waals surface area contributed by atoms with Gasteiger partial charge in [0.05, 0.1) is 13.2 Å². The summed E-state index contributed by atoms with van der Waals surface area (Å²) in [6.45, 7) is 12.7. The largest absolute Gasteiger partial charge is 0.354 e. The molecule has 0 atom stereocenters. The van der Waals surface area contributed by atoms with Crippen LogP contribution in [0.4, 0.5) is 0 Å². The third-order valence-corrected chi connectivity index (χ3v) is 2.63. The van der Waals surface area contributed by atoms with Gasteiger partial charge in [0, 0.05) is 26.1 Å². The lowest BCUT2D eigenvalue weighted by atomic mass is 10.3. The van der Waals surface area contributed by atoms with Crippen LogP contribution in [0.3, 0.4) is 0 Å². The van der Waals surface area contributed by atoms with Gasteiger partial charge in [-0.3, -0.25) is 4.79 Å². The second kappa shape index (κ2) is 12.1. The van der Waals surface area contributed by atoms with Crippen LogP contribution in [0.1, 0.15) is 34.1 Å². The number of hydrogen-bond acceptors (Lipinski definition) is 5. The van der Waals surface area contributed by atoms with Crippen molar-refractivity contribution in [3.63, 3.8) is 0 Å². The second-order valence-electron chi connectivity index (χ2n) is 4.90. The van der Waals surface area contributed by atoms with Crippen molar-refractivity contribution in [3.05, 3.63) is 0 Å². The highest BCUT2D eigenvalue weighted by Gasteiger charge is 2.18. The van der Waals surface area contributed by atoms with E-state index in [-0.39, 0.29) is 5.91 Å². The molecule has 0 aromatic heterocycles. The maximum atomic E-state index is 11.4. The number of amides is 1. The highest BCUT2D eigenvalue weighted by atomic mass is 16.7. The van der Waals surface area contributed by atoms with E-state index in [1.54, 1.807) is 0 Å². The third-order valence-electron chi connectivity index (χ3n) is 2.63. The van der Waals surface area contributed by atoms with Gasteiger partial charge in [0.25, 0.3) is 0 Å². The molecule has 0 heterocycles. The van der Waals surface area contributed by atoms with Crippen LogP contribution >= 0.6 is 0 Å². The van der Waals surface area contributed by atoms with Gasteiger partial charge < -0.3 is 25.4 Å². The fraction of sp³-hybridized carbons (Fsp3) is 0.929. The lowest BCUT2D eigenvalue weighted by Crippen LogP contribution is -2.36. The maximum absolute atomic E-state index is 11.4. The summed E-state index contributed by atoms with van der Waals surface area (Å²) in [4.78, 5) is 11.4. The van der Waals surface area contributed by atoms with Crippen molar-refractivity contribution < 1.29 is 14.3 Å². The molecule has 6 nitrogen and oxygen atoms in total. The molecule has 0 radical (unpaired) electrons. The van der Waals surface area contributed by atoms with Crippen LogP contribution in [0.15, 0.2) is 0 Å². The molecule has 120 valence electrons. The van der Waals surface area contributed by atoms with Gasteiger partial charge in [-0.25, -0.2) is 0 Å². The second-order valence-corrected chi connectivity index (χ2v) is 4.90. The first-order valence-corrected chi connectivity index (χ1v) is 7.48. The minimum Gasteiger partial charge on any atom is -0.354 e. The zero-order chi connectivity index (χ0) is 15.3. The number of carbonyl (C=O) groups is 1. The molecule has 0 saturated heterocycles. The quantitative estimate of drug-likeness (QED) is 0.340. The molecular weight excluding hydrogens is 258 g/mol. The molecule has 3 N–H and O–H groups in total. The van der Waals surface area contributed by atoms with E-state index in [0.717, 1.165) is 19.6 Å². The van der Waals surface area contributed by atoms with Crippen molar-refractivity contribution in [3.8, 4) is 0 Å². The Morgan fingerprint density at radius 3 is 2.10 bits per heavy atom. The van der Waals surface area contributed by atoms with Crippen LogP contribution in [-0.4, -0.2) is 57.6 Å². The minimum absolute atomic E-state index is 0.0421. The molecule has 6 heteroatoms. The molecule has 0 aliphatic carbocycles. The first-order chi connectivity index (χ1) is 9.52. The highest BCUT2D eigenvalue weighted by molar-refractivity contribution is 5.75. The van der Waals surface area contributed by atoms with E-state index in [1.165, 1.54) is 0 Å². The molecule has 0 bridgehead atoms. The number of ether oxygens (including phenoxy) is 2. The number of nitrogens with one attached hydrogen (secondary N) is 3. The molecule has 1 amide bonds. The van der Waals surface area contributed by atoms with E-state index in [0.29, 0.717) is 32.7 Å². The van der Waals surface area contributed by atoms with Gasteiger partial charge in [-0.15, -0.1) is 0 Å². The van der Waals surface area contributed by atoms with Gasteiger partial charge in [-0.1, -0.05) is 13.8 Å². The van der Waals surface area contributed by atoms with Crippen LogP contribution in [-0.2, 0) is 14.3 Å². The van der Waals surface area contributed by atoms with Crippen LogP contribution in [0.2, 0.25) is 0 Å². The summed E-state index contributed by atoms with van der Waals surface area (Å²) in [5.74, 6) is -0.579. The summed E-state index contributed by atoms with van der Waals surface area (Å²) < 4.78 is 11.2. The Kier molecular flexibility index (Phi) is 11.7. The molecule has 0 unspecified atom stereocenters. The normalized spacial score (nSPS) is 11.6. The topological polar surface area (TPSA) is 71.6 Å². The van der Waals surface area contributed by atoms with Crippen molar-refractivity contribution in [2.45, 2.75) is 39.9 Å². The van der Waals surface area contributed by atoms with E-state index in [9.17, 15) is 4.79 Å². The lowest BCUT2D eigenvalue weighted by molar-refractivity contribution is -0.211. The number of likely N-dealkylation sites (N-methyl/N-ethyl adjacent to an activating group) is 1. The molecule has 0 rings (SSSR count). The molecule has 0 spiro atoms. The fourth-order valence-electron chi connectivity index (χ4n) is 1.54. The fourth-order valence-corrected chi connectivity index (χ4v) is 1.54. The van der Waals surface area contributed by atoms with E-state index in [4.69, 9.17) is 9.47 Å². The Labute approximate surface area is 123 Å².